The van der Waals surface area contributed by atoms with Gasteiger partial charge in [0.1, 0.15) is 5.75 Å². The van der Waals surface area contributed by atoms with Crippen molar-refractivity contribution in [2.24, 2.45) is 0 Å². The molecule has 0 saturated heterocycles. The lowest BCUT2D eigenvalue weighted by Crippen LogP contribution is -2.34. The molecule has 0 spiro atoms. The molecule has 0 atom stereocenters. The van der Waals surface area contributed by atoms with Crippen LogP contribution in [0.5, 0.6) is 5.75 Å². The molecule has 1 aromatic carbocycles. The Bertz CT molecular complexity index is 641. The third-order valence-corrected chi connectivity index (χ3v) is 3.69. The van der Waals surface area contributed by atoms with Crippen molar-refractivity contribution in [3.05, 3.63) is 60.1 Å². The van der Waals surface area contributed by atoms with Gasteiger partial charge in [-0.05, 0) is 41.8 Å². The first kappa shape index (κ1) is 13.5. The number of hydrogen-bond acceptors (Lipinski definition) is 3. The lowest BCUT2D eigenvalue weighted by Gasteiger charge is -2.26. The SMILES string of the molecule is COc1ccc(C2=CCN(C(=O)c3ccco3)CC2)cc1. The molecule has 21 heavy (non-hydrogen) atoms. The summed E-state index contributed by atoms with van der Waals surface area (Å²) in [6.07, 6.45) is 4.47. The fraction of sp³-hybridized carbons (Fsp3) is 0.235. The van der Waals surface area contributed by atoms with Crippen LogP contribution >= 0.6 is 0 Å². The number of amides is 1. The van der Waals surface area contributed by atoms with Crippen molar-refractivity contribution in [2.45, 2.75) is 6.42 Å². The van der Waals surface area contributed by atoms with Crippen LogP contribution in [0.1, 0.15) is 22.5 Å². The molecular formula is C17H17NO3. The molecule has 2 aromatic rings. The van der Waals surface area contributed by atoms with Crippen LogP contribution in [0.25, 0.3) is 5.57 Å². The molecule has 1 aromatic heterocycles. The van der Waals surface area contributed by atoms with Gasteiger partial charge in [0.2, 0.25) is 0 Å². The van der Waals surface area contributed by atoms with E-state index < -0.39 is 0 Å². The first-order valence-corrected chi connectivity index (χ1v) is 6.94. The molecule has 0 unspecified atom stereocenters. The van der Waals surface area contributed by atoms with E-state index in [0.29, 0.717) is 18.8 Å². The highest BCUT2D eigenvalue weighted by Crippen LogP contribution is 2.25. The first-order valence-electron chi connectivity index (χ1n) is 6.94. The Morgan fingerprint density at radius 2 is 2.05 bits per heavy atom. The van der Waals surface area contributed by atoms with E-state index in [1.54, 1.807) is 24.1 Å². The van der Waals surface area contributed by atoms with Gasteiger partial charge in [0.25, 0.3) is 5.91 Å². The zero-order valence-corrected chi connectivity index (χ0v) is 11.9. The van der Waals surface area contributed by atoms with Gasteiger partial charge >= 0.3 is 0 Å². The van der Waals surface area contributed by atoms with Crippen LogP contribution in [0.15, 0.2) is 53.2 Å². The van der Waals surface area contributed by atoms with Crippen LogP contribution in [0.2, 0.25) is 0 Å². The van der Waals surface area contributed by atoms with E-state index in [0.717, 1.165) is 12.2 Å². The first-order chi connectivity index (χ1) is 10.3. The lowest BCUT2D eigenvalue weighted by atomic mass is 9.99. The van der Waals surface area contributed by atoms with Crippen LogP contribution in [0.3, 0.4) is 0 Å². The highest BCUT2D eigenvalue weighted by atomic mass is 16.5. The number of rotatable bonds is 3. The Kier molecular flexibility index (Phi) is 3.77. The van der Waals surface area contributed by atoms with Crippen molar-refractivity contribution >= 4 is 11.5 Å². The number of furan rings is 1. The van der Waals surface area contributed by atoms with Gasteiger partial charge in [-0.1, -0.05) is 18.2 Å². The summed E-state index contributed by atoms with van der Waals surface area (Å²) in [4.78, 5) is 14.0. The van der Waals surface area contributed by atoms with Crippen molar-refractivity contribution in [3.8, 4) is 5.75 Å². The Labute approximate surface area is 123 Å². The molecule has 2 heterocycles. The molecule has 1 aliphatic rings. The summed E-state index contributed by atoms with van der Waals surface area (Å²) < 4.78 is 10.3. The van der Waals surface area contributed by atoms with E-state index in [9.17, 15) is 4.79 Å². The molecule has 0 bridgehead atoms. The van der Waals surface area contributed by atoms with Crippen LogP contribution in [-0.2, 0) is 0 Å². The standard InChI is InChI=1S/C17H17NO3/c1-20-15-6-4-13(5-7-15)14-8-10-18(11-9-14)17(19)16-3-2-12-21-16/h2-8,12H,9-11H2,1H3. The molecule has 3 rings (SSSR count). The van der Waals surface area contributed by atoms with E-state index in [2.05, 4.69) is 18.2 Å². The van der Waals surface area contributed by atoms with E-state index >= 15 is 0 Å². The minimum absolute atomic E-state index is 0.0509. The number of nitrogens with zero attached hydrogens (tertiary/aromatic N) is 1. The summed E-state index contributed by atoms with van der Waals surface area (Å²) in [5.74, 6) is 1.20. The predicted molar refractivity (Wildman–Crippen MR) is 80.2 cm³/mol. The zero-order chi connectivity index (χ0) is 14.7. The molecule has 1 aliphatic heterocycles. The molecule has 108 valence electrons. The molecule has 1 amide bonds. The van der Waals surface area contributed by atoms with Crippen molar-refractivity contribution in [1.29, 1.82) is 0 Å². The topological polar surface area (TPSA) is 42.7 Å². The fourth-order valence-corrected chi connectivity index (χ4v) is 2.48. The summed E-state index contributed by atoms with van der Waals surface area (Å²) in [6, 6.07) is 11.4. The van der Waals surface area contributed by atoms with Gasteiger partial charge in [-0.25, -0.2) is 0 Å². The normalized spacial score (nSPS) is 14.7. The lowest BCUT2D eigenvalue weighted by molar-refractivity contribution is 0.0741. The van der Waals surface area contributed by atoms with Crippen molar-refractivity contribution in [2.75, 3.05) is 20.2 Å². The quantitative estimate of drug-likeness (QED) is 0.868. The van der Waals surface area contributed by atoms with Gasteiger partial charge in [0.15, 0.2) is 5.76 Å². The zero-order valence-electron chi connectivity index (χ0n) is 11.9. The molecule has 0 aliphatic carbocycles. The minimum Gasteiger partial charge on any atom is -0.497 e. The number of carbonyl (C=O) groups is 1. The maximum atomic E-state index is 12.2. The fourth-order valence-electron chi connectivity index (χ4n) is 2.48. The average molecular weight is 283 g/mol. The Morgan fingerprint density at radius 3 is 2.62 bits per heavy atom. The van der Waals surface area contributed by atoms with Gasteiger partial charge < -0.3 is 14.1 Å². The van der Waals surface area contributed by atoms with Crippen LogP contribution in [0.4, 0.5) is 0 Å². The summed E-state index contributed by atoms with van der Waals surface area (Å²) in [5.41, 5.74) is 2.45. The maximum Gasteiger partial charge on any atom is 0.289 e. The minimum atomic E-state index is -0.0509. The van der Waals surface area contributed by atoms with E-state index in [1.807, 2.05) is 12.1 Å². The molecule has 4 heteroatoms. The monoisotopic (exact) mass is 283 g/mol. The summed E-state index contributed by atoms with van der Waals surface area (Å²) in [7, 11) is 1.66. The molecule has 0 fully saturated rings. The number of hydrogen-bond donors (Lipinski definition) is 0. The third-order valence-electron chi connectivity index (χ3n) is 3.69. The largest absolute Gasteiger partial charge is 0.497 e. The van der Waals surface area contributed by atoms with Crippen LogP contribution < -0.4 is 4.74 Å². The second kappa shape index (κ2) is 5.87. The summed E-state index contributed by atoms with van der Waals surface area (Å²) in [5, 5.41) is 0. The van der Waals surface area contributed by atoms with E-state index in [4.69, 9.17) is 9.15 Å². The second-order valence-corrected chi connectivity index (χ2v) is 4.94. The Balaban J connectivity index is 1.70. The average Bonchev–Trinajstić information content (AvgIpc) is 3.09. The van der Waals surface area contributed by atoms with Gasteiger partial charge in [-0.2, -0.15) is 0 Å². The van der Waals surface area contributed by atoms with Crippen LogP contribution in [-0.4, -0.2) is 31.0 Å². The van der Waals surface area contributed by atoms with Crippen LogP contribution in [0, 0.1) is 0 Å². The molecule has 0 radical (unpaired) electrons. The Hall–Kier alpha value is -2.49. The Morgan fingerprint density at radius 1 is 1.24 bits per heavy atom. The van der Waals surface area contributed by atoms with E-state index in [1.165, 1.54) is 17.4 Å². The highest BCUT2D eigenvalue weighted by molar-refractivity contribution is 5.92. The van der Waals surface area contributed by atoms with Crippen molar-refractivity contribution in [3.63, 3.8) is 0 Å². The highest BCUT2D eigenvalue weighted by Gasteiger charge is 2.20. The van der Waals surface area contributed by atoms with Crippen molar-refractivity contribution < 1.29 is 13.9 Å². The summed E-state index contributed by atoms with van der Waals surface area (Å²) in [6.45, 7) is 1.32. The molecule has 0 N–H and O–H groups in total. The van der Waals surface area contributed by atoms with Crippen molar-refractivity contribution in [1.82, 2.24) is 4.90 Å². The molecule has 0 saturated carbocycles. The number of ether oxygens (including phenoxy) is 1. The number of carbonyl (C=O) groups excluding carboxylic acids is 1. The molecule has 4 nitrogen and oxygen atoms in total. The number of benzene rings is 1. The van der Waals surface area contributed by atoms with Gasteiger partial charge in [-0.3, -0.25) is 4.79 Å². The summed E-state index contributed by atoms with van der Waals surface area (Å²) >= 11 is 0. The predicted octanol–water partition coefficient (Wildman–Crippen LogP) is 3.22. The molecular weight excluding hydrogens is 266 g/mol. The third kappa shape index (κ3) is 2.84. The van der Waals surface area contributed by atoms with Gasteiger partial charge in [-0.15, -0.1) is 0 Å². The van der Waals surface area contributed by atoms with Gasteiger partial charge in [0, 0.05) is 13.1 Å². The maximum absolute atomic E-state index is 12.2. The smallest absolute Gasteiger partial charge is 0.289 e. The second-order valence-electron chi connectivity index (χ2n) is 4.94. The number of methoxy groups -OCH3 is 1. The van der Waals surface area contributed by atoms with E-state index in [-0.39, 0.29) is 5.91 Å². The van der Waals surface area contributed by atoms with Gasteiger partial charge in [0.05, 0.1) is 13.4 Å².